The average molecular weight is 280 g/mol. The Balaban J connectivity index is 2.05. The van der Waals surface area contributed by atoms with E-state index in [1.165, 1.54) is 0 Å². The van der Waals surface area contributed by atoms with Crippen LogP contribution in [0.1, 0.15) is 15.9 Å². The molecule has 0 saturated heterocycles. The van der Waals surface area contributed by atoms with Crippen LogP contribution in [0.15, 0.2) is 36.5 Å². The van der Waals surface area contributed by atoms with Crippen LogP contribution in [0.4, 0.5) is 10.2 Å². The van der Waals surface area contributed by atoms with E-state index in [1.807, 2.05) is 0 Å². The quantitative estimate of drug-likeness (QED) is 0.906. The minimum atomic E-state index is -0.606. The number of carbonyl (C=O) groups excluding carboxylic acids is 1. The zero-order chi connectivity index (χ0) is 13.8. The third-order valence-corrected chi connectivity index (χ3v) is 2.75. The van der Waals surface area contributed by atoms with E-state index in [-0.39, 0.29) is 11.4 Å². The van der Waals surface area contributed by atoms with Crippen LogP contribution in [0.5, 0.6) is 0 Å². The summed E-state index contributed by atoms with van der Waals surface area (Å²) in [5, 5.41) is 3.25. The predicted octanol–water partition coefficient (Wildman–Crippen LogP) is 2.39. The van der Waals surface area contributed by atoms with E-state index in [4.69, 9.17) is 17.3 Å². The van der Waals surface area contributed by atoms with Crippen LogP contribution < -0.4 is 11.1 Å². The van der Waals surface area contributed by atoms with Gasteiger partial charge in [0.2, 0.25) is 0 Å². The highest BCUT2D eigenvalue weighted by molar-refractivity contribution is 6.30. The first-order valence-corrected chi connectivity index (χ1v) is 5.88. The number of nitrogens with zero attached hydrogens (tertiary/aromatic N) is 1. The monoisotopic (exact) mass is 279 g/mol. The summed E-state index contributed by atoms with van der Waals surface area (Å²) in [5.74, 6) is -1.08. The minimum absolute atomic E-state index is 0.00462. The van der Waals surface area contributed by atoms with E-state index in [0.29, 0.717) is 11.6 Å². The fourth-order valence-corrected chi connectivity index (χ4v) is 1.64. The van der Waals surface area contributed by atoms with Crippen molar-refractivity contribution in [2.45, 2.75) is 6.54 Å². The summed E-state index contributed by atoms with van der Waals surface area (Å²) in [5.41, 5.74) is 6.42. The van der Waals surface area contributed by atoms with Gasteiger partial charge in [-0.15, -0.1) is 0 Å². The molecule has 0 fully saturated rings. The van der Waals surface area contributed by atoms with Crippen LogP contribution in [0, 0.1) is 5.82 Å². The second-order valence-electron chi connectivity index (χ2n) is 3.90. The molecule has 1 aromatic carbocycles. The first-order chi connectivity index (χ1) is 9.06. The standard InChI is InChI=1S/C13H11ClFN3O/c14-9-3-1-8(2-4-9)6-18-13(19)11-5-10(15)7-17-12(11)16/h1-5,7H,6H2,(H2,16,17)(H,18,19). The van der Waals surface area contributed by atoms with Gasteiger partial charge in [0.05, 0.1) is 11.8 Å². The maximum atomic E-state index is 13.0. The zero-order valence-electron chi connectivity index (χ0n) is 9.86. The largest absolute Gasteiger partial charge is 0.383 e. The van der Waals surface area contributed by atoms with Crippen molar-refractivity contribution in [3.63, 3.8) is 0 Å². The van der Waals surface area contributed by atoms with Gasteiger partial charge in [-0.05, 0) is 23.8 Å². The topological polar surface area (TPSA) is 68.0 Å². The van der Waals surface area contributed by atoms with Gasteiger partial charge in [0.25, 0.3) is 5.91 Å². The summed E-state index contributed by atoms with van der Waals surface area (Å²) in [4.78, 5) is 15.4. The number of benzene rings is 1. The Bertz CT molecular complexity index is 601. The molecule has 2 aromatic rings. The van der Waals surface area contributed by atoms with E-state index < -0.39 is 11.7 Å². The molecular formula is C13H11ClFN3O. The highest BCUT2D eigenvalue weighted by Crippen LogP contribution is 2.11. The lowest BCUT2D eigenvalue weighted by Crippen LogP contribution is -2.24. The molecule has 0 radical (unpaired) electrons. The minimum Gasteiger partial charge on any atom is -0.383 e. The van der Waals surface area contributed by atoms with Crippen molar-refractivity contribution in [2.75, 3.05) is 5.73 Å². The number of hydrogen-bond donors (Lipinski definition) is 2. The lowest BCUT2D eigenvalue weighted by atomic mass is 10.2. The number of nitrogens with one attached hydrogen (secondary N) is 1. The number of aromatic nitrogens is 1. The molecule has 3 N–H and O–H groups in total. The van der Waals surface area contributed by atoms with Gasteiger partial charge in [-0.3, -0.25) is 4.79 Å². The first-order valence-electron chi connectivity index (χ1n) is 5.50. The molecule has 0 aliphatic rings. The number of carbonyl (C=O) groups is 1. The van der Waals surface area contributed by atoms with Crippen molar-refractivity contribution < 1.29 is 9.18 Å². The zero-order valence-corrected chi connectivity index (χ0v) is 10.6. The summed E-state index contributed by atoms with van der Waals surface area (Å²) in [6.45, 7) is 0.298. The highest BCUT2D eigenvalue weighted by Gasteiger charge is 2.11. The van der Waals surface area contributed by atoms with Crippen molar-refractivity contribution in [3.8, 4) is 0 Å². The fourth-order valence-electron chi connectivity index (χ4n) is 1.51. The highest BCUT2D eigenvalue weighted by atomic mass is 35.5. The van der Waals surface area contributed by atoms with Gasteiger partial charge >= 0.3 is 0 Å². The molecule has 1 aromatic heterocycles. The normalized spacial score (nSPS) is 10.2. The molecule has 0 saturated carbocycles. The van der Waals surface area contributed by atoms with Gasteiger partial charge < -0.3 is 11.1 Å². The molecule has 0 bridgehead atoms. The Morgan fingerprint density at radius 2 is 2.05 bits per heavy atom. The SMILES string of the molecule is Nc1ncc(F)cc1C(=O)NCc1ccc(Cl)cc1. The number of nitrogens with two attached hydrogens (primary N) is 1. The third-order valence-electron chi connectivity index (χ3n) is 2.50. The lowest BCUT2D eigenvalue weighted by Gasteiger charge is -2.07. The molecule has 2 rings (SSSR count). The van der Waals surface area contributed by atoms with E-state index in [1.54, 1.807) is 24.3 Å². The Kier molecular flexibility index (Phi) is 3.97. The molecular weight excluding hydrogens is 269 g/mol. The number of anilines is 1. The molecule has 0 unspecified atom stereocenters. The van der Waals surface area contributed by atoms with Crippen LogP contribution in [0.3, 0.4) is 0 Å². The number of amides is 1. The number of pyridine rings is 1. The molecule has 1 heterocycles. The van der Waals surface area contributed by atoms with Crippen molar-refractivity contribution in [1.82, 2.24) is 10.3 Å². The van der Waals surface area contributed by atoms with Gasteiger partial charge in [0, 0.05) is 11.6 Å². The third kappa shape index (κ3) is 3.42. The number of halogens is 2. The van der Waals surface area contributed by atoms with Crippen molar-refractivity contribution in [3.05, 3.63) is 58.5 Å². The summed E-state index contributed by atoms with van der Waals surface area (Å²) < 4.78 is 13.0. The molecule has 6 heteroatoms. The Morgan fingerprint density at radius 1 is 1.37 bits per heavy atom. The second-order valence-corrected chi connectivity index (χ2v) is 4.33. The van der Waals surface area contributed by atoms with Gasteiger partial charge in [-0.25, -0.2) is 9.37 Å². The maximum Gasteiger partial charge on any atom is 0.255 e. The van der Waals surface area contributed by atoms with Gasteiger partial charge in [-0.1, -0.05) is 23.7 Å². The summed E-state index contributed by atoms with van der Waals surface area (Å²) >= 11 is 5.75. The number of hydrogen-bond acceptors (Lipinski definition) is 3. The van der Waals surface area contributed by atoms with Crippen LogP contribution in [-0.2, 0) is 6.54 Å². The van der Waals surface area contributed by atoms with E-state index in [0.717, 1.165) is 17.8 Å². The molecule has 1 amide bonds. The van der Waals surface area contributed by atoms with Crippen LogP contribution >= 0.6 is 11.6 Å². The smallest absolute Gasteiger partial charge is 0.255 e. The van der Waals surface area contributed by atoms with Gasteiger partial charge in [-0.2, -0.15) is 0 Å². The summed E-state index contributed by atoms with van der Waals surface area (Å²) in [6.07, 6.45) is 0.964. The van der Waals surface area contributed by atoms with Crippen LogP contribution in [0.2, 0.25) is 5.02 Å². The number of nitrogen functional groups attached to an aromatic ring is 1. The molecule has 0 atom stereocenters. The number of rotatable bonds is 3. The average Bonchev–Trinajstić information content (AvgIpc) is 2.40. The second kappa shape index (κ2) is 5.67. The van der Waals surface area contributed by atoms with Crippen LogP contribution in [-0.4, -0.2) is 10.9 Å². The van der Waals surface area contributed by atoms with E-state index >= 15 is 0 Å². The molecule has 0 aliphatic carbocycles. The predicted molar refractivity (Wildman–Crippen MR) is 71.2 cm³/mol. The van der Waals surface area contributed by atoms with E-state index in [9.17, 15) is 9.18 Å². The Morgan fingerprint density at radius 3 is 2.74 bits per heavy atom. The van der Waals surface area contributed by atoms with Gasteiger partial charge in [0.1, 0.15) is 11.6 Å². The Hall–Kier alpha value is -2.14. The van der Waals surface area contributed by atoms with Crippen molar-refractivity contribution in [1.29, 1.82) is 0 Å². The molecule has 98 valence electrons. The first kappa shape index (κ1) is 13.3. The molecule has 0 aliphatic heterocycles. The maximum absolute atomic E-state index is 13.0. The molecule has 19 heavy (non-hydrogen) atoms. The fraction of sp³-hybridized carbons (Fsp3) is 0.0769. The molecule has 0 spiro atoms. The van der Waals surface area contributed by atoms with Crippen LogP contribution in [0.25, 0.3) is 0 Å². The summed E-state index contributed by atoms with van der Waals surface area (Å²) in [6, 6.07) is 8.08. The Labute approximate surface area is 114 Å². The molecule has 4 nitrogen and oxygen atoms in total. The van der Waals surface area contributed by atoms with E-state index in [2.05, 4.69) is 10.3 Å². The summed E-state index contributed by atoms with van der Waals surface area (Å²) in [7, 11) is 0. The lowest BCUT2D eigenvalue weighted by molar-refractivity contribution is 0.0951. The van der Waals surface area contributed by atoms with Gasteiger partial charge in [0.15, 0.2) is 0 Å². The van der Waals surface area contributed by atoms with Crippen molar-refractivity contribution in [2.24, 2.45) is 0 Å². The van der Waals surface area contributed by atoms with Crippen molar-refractivity contribution >= 4 is 23.3 Å².